The summed E-state index contributed by atoms with van der Waals surface area (Å²) in [5.74, 6) is -0.0710. The smallest absolute Gasteiger partial charge is 0.151 e. The molecule has 0 aromatic heterocycles. The second-order valence-corrected chi connectivity index (χ2v) is 6.67. The van der Waals surface area contributed by atoms with Crippen molar-refractivity contribution >= 4 is 12.1 Å². The van der Waals surface area contributed by atoms with Crippen LogP contribution in [0.25, 0.3) is 0 Å². The lowest BCUT2D eigenvalue weighted by Crippen LogP contribution is -2.44. The number of carbonyl (C=O) groups is 2. The molecule has 0 N–H and O–H groups in total. The predicted molar refractivity (Wildman–Crippen MR) is 81.4 cm³/mol. The quantitative estimate of drug-likeness (QED) is 0.429. The van der Waals surface area contributed by atoms with Crippen molar-refractivity contribution in [2.75, 3.05) is 0 Å². The van der Waals surface area contributed by atoms with Crippen LogP contribution in [-0.4, -0.2) is 12.1 Å². The molecule has 2 nitrogen and oxygen atoms in total. The highest BCUT2D eigenvalue weighted by atomic mass is 16.1. The van der Waals surface area contributed by atoms with Crippen LogP contribution in [0, 0.1) is 10.8 Å². The van der Waals surface area contributed by atoms with Gasteiger partial charge in [0.1, 0.15) is 11.7 Å². The molecule has 0 heterocycles. The predicted octanol–water partition coefficient (Wildman–Crippen LogP) is 4.17. The summed E-state index contributed by atoms with van der Waals surface area (Å²) in [6.45, 7) is 12.0. The Kier molecular flexibility index (Phi) is 3.40. The highest BCUT2D eigenvalue weighted by Gasteiger charge is 2.51. The van der Waals surface area contributed by atoms with E-state index in [1.807, 2.05) is 6.92 Å². The lowest BCUT2D eigenvalue weighted by molar-refractivity contribution is -0.128. The first-order chi connectivity index (χ1) is 9.21. The molecular formula is C18H24O2. The van der Waals surface area contributed by atoms with Gasteiger partial charge in [-0.15, -0.1) is 0 Å². The molecule has 0 amide bonds. The summed E-state index contributed by atoms with van der Waals surface area (Å²) in [5, 5.41) is 0. The Morgan fingerprint density at radius 1 is 1.20 bits per heavy atom. The first-order valence-corrected chi connectivity index (χ1v) is 7.28. The van der Waals surface area contributed by atoms with Crippen LogP contribution in [0.1, 0.15) is 54.4 Å². The van der Waals surface area contributed by atoms with Crippen molar-refractivity contribution in [1.82, 2.24) is 0 Å². The number of ketones is 1. The SMILES string of the molecule is CC(=O)C1(C=O)C2=CCCC(C)=C2C(C)(C)C(C)=C1C. The van der Waals surface area contributed by atoms with Gasteiger partial charge in [0.15, 0.2) is 5.78 Å². The van der Waals surface area contributed by atoms with Gasteiger partial charge in [0.2, 0.25) is 0 Å². The molecule has 1 unspecified atom stereocenters. The van der Waals surface area contributed by atoms with Gasteiger partial charge >= 0.3 is 0 Å². The Balaban J connectivity index is 2.93. The van der Waals surface area contributed by atoms with E-state index < -0.39 is 5.41 Å². The van der Waals surface area contributed by atoms with Gasteiger partial charge in [-0.25, -0.2) is 0 Å². The van der Waals surface area contributed by atoms with Gasteiger partial charge in [-0.3, -0.25) is 4.79 Å². The third-order valence-electron chi connectivity index (χ3n) is 5.44. The molecule has 2 heteroatoms. The third-order valence-corrected chi connectivity index (χ3v) is 5.44. The number of Topliss-reactive ketones (excluding diaryl/α,β-unsaturated/α-hetero) is 1. The van der Waals surface area contributed by atoms with E-state index in [1.54, 1.807) is 0 Å². The van der Waals surface area contributed by atoms with Gasteiger partial charge in [0.25, 0.3) is 0 Å². The highest BCUT2D eigenvalue weighted by molar-refractivity contribution is 6.06. The van der Waals surface area contributed by atoms with Crippen LogP contribution in [0.4, 0.5) is 0 Å². The summed E-state index contributed by atoms with van der Waals surface area (Å²) in [5.41, 5.74) is 4.35. The number of allylic oxidation sites excluding steroid dienone is 6. The molecule has 0 aromatic carbocycles. The molecule has 0 aromatic rings. The summed E-state index contributed by atoms with van der Waals surface area (Å²) in [4.78, 5) is 24.3. The lowest BCUT2D eigenvalue weighted by atomic mass is 9.54. The molecule has 0 fully saturated rings. The maximum atomic E-state index is 12.4. The van der Waals surface area contributed by atoms with E-state index in [-0.39, 0.29) is 11.2 Å². The summed E-state index contributed by atoms with van der Waals surface area (Å²) in [6.07, 6.45) is 4.89. The number of carbonyl (C=O) groups excluding carboxylic acids is 2. The van der Waals surface area contributed by atoms with Crippen molar-refractivity contribution in [2.45, 2.75) is 54.4 Å². The summed E-state index contributed by atoms with van der Waals surface area (Å²) >= 11 is 0. The van der Waals surface area contributed by atoms with Crippen molar-refractivity contribution in [2.24, 2.45) is 10.8 Å². The van der Waals surface area contributed by atoms with Crippen molar-refractivity contribution < 1.29 is 9.59 Å². The molecule has 0 saturated heterocycles. The average molecular weight is 272 g/mol. The molecule has 0 saturated carbocycles. The second kappa shape index (κ2) is 4.54. The van der Waals surface area contributed by atoms with Crippen LogP contribution < -0.4 is 0 Å². The van der Waals surface area contributed by atoms with Crippen LogP contribution in [0.3, 0.4) is 0 Å². The zero-order valence-corrected chi connectivity index (χ0v) is 13.4. The second-order valence-electron chi connectivity index (χ2n) is 6.67. The Morgan fingerprint density at radius 2 is 1.80 bits per heavy atom. The van der Waals surface area contributed by atoms with E-state index in [0.29, 0.717) is 0 Å². The van der Waals surface area contributed by atoms with Crippen LogP contribution in [0.15, 0.2) is 33.9 Å². The van der Waals surface area contributed by atoms with Crippen molar-refractivity contribution in [1.29, 1.82) is 0 Å². The average Bonchev–Trinajstić information content (AvgIpc) is 2.37. The standard InChI is InChI=1S/C18H24O2/c1-11-8-7-9-15-16(11)17(5,6)12(2)13(3)18(15,10-19)14(4)20/h9-10H,7-8H2,1-6H3. The Morgan fingerprint density at radius 3 is 2.30 bits per heavy atom. The van der Waals surface area contributed by atoms with Gasteiger partial charge in [0, 0.05) is 5.41 Å². The number of aldehydes is 1. The van der Waals surface area contributed by atoms with E-state index in [0.717, 1.165) is 35.8 Å². The number of fused-ring (bicyclic) bond motifs is 1. The maximum absolute atomic E-state index is 12.4. The molecule has 2 rings (SSSR count). The van der Waals surface area contributed by atoms with Crippen molar-refractivity contribution in [3.8, 4) is 0 Å². The van der Waals surface area contributed by atoms with Crippen LogP contribution >= 0.6 is 0 Å². The molecule has 2 aliphatic rings. The van der Waals surface area contributed by atoms with Crippen LogP contribution in [0.5, 0.6) is 0 Å². The van der Waals surface area contributed by atoms with Gasteiger partial charge in [-0.05, 0) is 57.3 Å². The molecule has 108 valence electrons. The summed E-state index contributed by atoms with van der Waals surface area (Å²) in [6, 6.07) is 0. The molecule has 0 bridgehead atoms. The van der Waals surface area contributed by atoms with Gasteiger partial charge in [0.05, 0.1) is 0 Å². The minimum absolute atomic E-state index is 0.0710. The molecule has 0 spiro atoms. The Labute approximate surface area is 121 Å². The van der Waals surface area contributed by atoms with E-state index in [1.165, 1.54) is 18.1 Å². The van der Waals surface area contributed by atoms with Crippen molar-refractivity contribution in [3.63, 3.8) is 0 Å². The Bertz CT molecular complexity index is 585. The van der Waals surface area contributed by atoms with Crippen LogP contribution in [0.2, 0.25) is 0 Å². The van der Waals surface area contributed by atoms with Gasteiger partial charge in [-0.1, -0.05) is 31.1 Å². The molecule has 20 heavy (non-hydrogen) atoms. The monoisotopic (exact) mass is 272 g/mol. The fourth-order valence-electron chi connectivity index (χ4n) is 3.96. The Hall–Kier alpha value is -1.44. The minimum Gasteiger partial charge on any atom is -0.302 e. The number of rotatable bonds is 2. The minimum atomic E-state index is -1.06. The highest BCUT2D eigenvalue weighted by Crippen LogP contribution is 2.57. The van der Waals surface area contributed by atoms with Crippen LogP contribution in [-0.2, 0) is 9.59 Å². The number of hydrogen-bond acceptors (Lipinski definition) is 2. The van der Waals surface area contributed by atoms with E-state index in [9.17, 15) is 9.59 Å². The molecule has 0 aliphatic heterocycles. The first kappa shape index (κ1) is 15.0. The lowest BCUT2D eigenvalue weighted by Gasteiger charge is -2.47. The van der Waals surface area contributed by atoms with Gasteiger partial charge < -0.3 is 4.79 Å². The molecule has 1 atom stereocenters. The largest absolute Gasteiger partial charge is 0.302 e. The topological polar surface area (TPSA) is 34.1 Å². The fraction of sp³-hybridized carbons (Fsp3) is 0.556. The molecule has 0 radical (unpaired) electrons. The summed E-state index contributed by atoms with van der Waals surface area (Å²) < 4.78 is 0. The zero-order chi connectivity index (χ0) is 15.3. The van der Waals surface area contributed by atoms with Crippen molar-refractivity contribution in [3.05, 3.63) is 33.9 Å². The van der Waals surface area contributed by atoms with E-state index in [2.05, 4.69) is 33.8 Å². The fourth-order valence-corrected chi connectivity index (χ4v) is 3.96. The molecular weight excluding hydrogens is 248 g/mol. The van der Waals surface area contributed by atoms with Gasteiger partial charge in [-0.2, -0.15) is 0 Å². The third kappa shape index (κ3) is 1.63. The normalized spacial score (nSPS) is 29.0. The maximum Gasteiger partial charge on any atom is 0.151 e. The zero-order valence-electron chi connectivity index (χ0n) is 13.4. The molecule has 2 aliphatic carbocycles. The number of hydrogen-bond donors (Lipinski definition) is 0. The van der Waals surface area contributed by atoms with E-state index >= 15 is 0 Å². The van der Waals surface area contributed by atoms with E-state index in [4.69, 9.17) is 0 Å². The summed E-state index contributed by atoms with van der Waals surface area (Å²) in [7, 11) is 0. The first-order valence-electron chi connectivity index (χ1n) is 7.28.